The van der Waals surface area contributed by atoms with Crippen molar-refractivity contribution in [3.63, 3.8) is 0 Å². The van der Waals surface area contributed by atoms with Crippen molar-refractivity contribution in [2.24, 2.45) is 5.73 Å². The number of benzene rings is 2. The van der Waals surface area contributed by atoms with Gasteiger partial charge in [0.1, 0.15) is 5.82 Å². The van der Waals surface area contributed by atoms with Gasteiger partial charge in [-0.2, -0.15) is 0 Å². The first-order valence-corrected chi connectivity index (χ1v) is 6.06. The summed E-state index contributed by atoms with van der Waals surface area (Å²) in [4.78, 5) is 23.3. The second kappa shape index (κ2) is 5.62. The van der Waals surface area contributed by atoms with Crippen LogP contribution in [0.1, 0.15) is 20.7 Å². The fourth-order valence-corrected chi connectivity index (χ4v) is 1.90. The van der Waals surface area contributed by atoms with Crippen molar-refractivity contribution in [2.45, 2.75) is 0 Å². The molecule has 0 saturated heterocycles. The van der Waals surface area contributed by atoms with Crippen LogP contribution in [0.5, 0.6) is 0 Å². The van der Waals surface area contributed by atoms with E-state index in [4.69, 9.17) is 10.8 Å². The summed E-state index contributed by atoms with van der Waals surface area (Å²) in [5.41, 5.74) is 6.20. The van der Waals surface area contributed by atoms with Crippen molar-refractivity contribution in [3.8, 4) is 0 Å². The zero-order valence-corrected chi connectivity index (χ0v) is 11.2. The Morgan fingerprint density at radius 1 is 1.10 bits per heavy atom. The Hall–Kier alpha value is -2.89. The van der Waals surface area contributed by atoms with E-state index < -0.39 is 17.7 Å². The molecule has 6 heteroatoms. The van der Waals surface area contributed by atoms with E-state index in [9.17, 15) is 14.0 Å². The molecule has 2 aromatic carbocycles. The Morgan fingerprint density at radius 3 is 2.14 bits per heavy atom. The van der Waals surface area contributed by atoms with Gasteiger partial charge in [0.05, 0.1) is 11.3 Å². The topological polar surface area (TPSA) is 83.6 Å². The number of hydrogen-bond acceptors (Lipinski definition) is 3. The number of carboxylic acids is 1. The predicted octanol–water partition coefficient (Wildman–Crippen LogP) is 2.39. The number of halogens is 1. The smallest absolute Gasteiger partial charge is 0.335 e. The van der Waals surface area contributed by atoms with E-state index in [2.05, 4.69) is 0 Å². The number of amides is 1. The van der Waals surface area contributed by atoms with E-state index in [-0.39, 0.29) is 16.8 Å². The SMILES string of the molecule is CN(c1ccc(C(=O)O)cc1)c1ccc(C(N)=O)cc1F. The highest BCUT2D eigenvalue weighted by molar-refractivity contribution is 5.93. The Balaban J connectivity index is 2.33. The van der Waals surface area contributed by atoms with Crippen LogP contribution in [-0.4, -0.2) is 24.0 Å². The number of carbonyl (C=O) groups excluding carboxylic acids is 1. The molecule has 0 aliphatic heterocycles. The molecule has 108 valence electrons. The number of aromatic carboxylic acids is 1. The van der Waals surface area contributed by atoms with Gasteiger partial charge >= 0.3 is 5.97 Å². The number of hydrogen-bond donors (Lipinski definition) is 2. The van der Waals surface area contributed by atoms with Crippen molar-refractivity contribution in [1.29, 1.82) is 0 Å². The van der Waals surface area contributed by atoms with E-state index in [1.165, 1.54) is 24.3 Å². The summed E-state index contributed by atoms with van der Waals surface area (Å²) in [6.45, 7) is 0. The molecule has 21 heavy (non-hydrogen) atoms. The van der Waals surface area contributed by atoms with E-state index in [1.807, 2.05) is 0 Å². The van der Waals surface area contributed by atoms with E-state index >= 15 is 0 Å². The number of nitrogens with zero attached hydrogens (tertiary/aromatic N) is 1. The van der Waals surface area contributed by atoms with Gasteiger partial charge in [-0.15, -0.1) is 0 Å². The van der Waals surface area contributed by atoms with Crippen LogP contribution in [-0.2, 0) is 0 Å². The molecule has 0 unspecified atom stereocenters. The van der Waals surface area contributed by atoms with E-state index in [0.29, 0.717) is 5.69 Å². The highest BCUT2D eigenvalue weighted by atomic mass is 19.1. The lowest BCUT2D eigenvalue weighted by Gasteiger charge is -2.20. The Bertz CT molecular complexity index is 699. The molecule has 0 aliphatic carbocycles. The van der Waals surface area contributed by atoms with E-state index in [1.54, 1.807) is 24.1 Å². The predicted molar refractivity (Wildman–Crippen MR) is 76.4 cm³/mol. The molecule has 0 heterocycles. The molecule has 0 spiro atoms. The Kier molecular flexibility index (Phi) is 3.89. The number of nitrogens with two attached hydrogens (primary N) is 1. The minimum Gasteiger partial charge on any atom is -0.478 e. The van der Waals surface area contributed by atoms with Crippen molar-refractivity contribution in [1.82, 2.24) is 0 Å². The molecular weight excluding hydrogens is 275 g/mol. The van der Waals surface area contributed by atoms with Crippen LogP contribution in [0.25, 0.3) is 0 Å². The van der Waals surface area contributed by atoms with Gasteiger partial charge in [-0.25, -0.2) is 9.18 Å². The van der Waals surface area contributed by atoms with Crippen molar-refractivity contribution >= 4 is 23.3 Å². The number of anilines is 2. The van der Waals surface area contributed by atoms with E-state index in [0.717, 1.165) is 6.07 Å². The van der Waals surface area contributed by atoms with Crippen LogP contribution >= 0.6 is 0 Å². The molecule has 5 nitrogen and oxygen atoms in total. The minimum atomic E-state index is -1.03. The maximum atomic E-state index is 14.0. The average Bonchev–Trinajstić information content (AvgIpc) is 2.46. The van der Waals surface area contributed by atoms with Gasteiger partial charge in [-0.1, -0.05) is 0 Å². The molecule has 0 radical (unpaired) electrons. The third kappa shape index (κ3) is 3.00. The molecule has 0 aromatic heterocycles. The van der Waals surface area contributed by atoms with Crippen LogP contribution < -0.4 is 10.6 Å². The lowest BCUT2D eigenvalue weighted by Crippen LogP contribution is -2.14. The summed E-state index contributed by atoms with van der Waals surface area (Å²) in [6, 6.07) is 9.96. The first kappa shape index (κ1) is 14.5. The summed E-state index contributed by atoms with van der Waals surface area (Å²) in [6.07, 6.45) is 0. The molecule has 0 saturated carbocycles. The second-order valence-electron chi connectivity index (χ2n) is 4.44. The number of primary amides is 1. The lowest BCUT2D eigenvalue weighted by molar-refractivity contribution is 0.0696. The van der Waals surface area contributed by atoms with Crippen molar-refractivity contribution < 1.29 is 19.1 Å². The highest BCUT2D eigenvalue weighted by Gasteiger charge is 2.12. The number of rotatable bonds is 4. The van der Waals surface area contributed by atoms with Gasteiger partial charge < -0.3 is 15.7 Å². The zero-order chi connectivity index (χ0) is 15.6. The quantitative estimate of drug-likeness (QED) is 0.904. The fourth-order valence-electron chi connectivity index (χ4n) is 1.90. The van der Waals surface area contributed by atoms with Gasteiger partial charge in [0.2, 0.25) is 5.91 Å². The minimum absolute atomic E-state index is 0.0888. The summed E-state index contributed by atoms with van der Waals surface area (Å²) in [5.74, 6) is -2.31. The molecular formula is C15H13FN2O3. The van der Waals surface area contributed by atoms with Crippen LogP contribution in [0.15, 0.2) is 42.5 Å². The molecule has 0 bridgehead atoms. The van der Waals surface area contributed by atoms with Crippen LogP contribution in [0.4, 0.5) is 15.8 Å². The normalized spacial score (nSPS) is 10.2. The summed E-state index contributed by atoms with van der Waals surface area (Å²) < 4.78 is 14.0. The van der Waals surface area contributed by atoms with Crippen LogP contribution in [0.3, 0.4) is 0 Å². The van der Waals surface area contributed by atoms with Gasteiger partial charge in [0.25, 0.3) is 0 Å². The molecule has 1 amide bonds. The third-order valence-electron chi connectivity index (χ3n) is 3.10. The monoisotopic (exact) mass is 288 g/mol. The molecule has 0 atom stereocenters. The number of carbonyl (C=O) groups is 2. The van der Waals surface area contributed by atoms with Gasteiger partial charge in [0.15, 0.2) is 0 Å². The molecule has 2 rings (SSSR count). The Labute approximate surface area is 120 Å². The summed E-state index contributed by atoms with van der Waals surface area (Å²) >= 11 is 0. The van der Waals surface area contributed by atoms with Crippen molar-refractivity contribution in [3.05, 3.63) is 59.4 Å². The fraction of sp³-hybridized carbons (Fsp3) is 0.0667. The van der Waals surface area contributed by atoms with Gasteiger partial charge in [-0.3, -0.25) is 4.79 Å². The maximum Gasteiger partial charge on any atom is 0.335 e. The molecule has 0 aliphatic rings. The largest absolute Gasteiger partial charge is 0.478 e. The Morgan fingerprint density at radius 2 is 1.67 bits per heavy atom. The zero-order valence-electron chi connectivity index (χ0n) is 11.2. The van der Waals surface area contributed by atoms with Gasteiger partial charge in [-0.05, 0) is 42.5 Å². The van der Waals surface area contributed by atoms with Crippen molar-refractivity contribution in [2.75, 3.05) is 11.9 Å². The second-order valence-corrected chi connectivity index (χ2v) is 4.44. The lowest BCUT2D eigenvalue weighted by atomic mass is 10.1. The summed E-state index contributed by atoms with van der Waals surface area (Å²) in [5, 5.41) is 8.84. The highest BCUT2D eigenvalue weighted by Crippen LogP contribution is 2.27. The standard InChI is InChI=1S/C15H13FN2O3/c1-18(11-5-2-9(3-6-11)15(20)21)13-7-4-10(14(17)19)8-12(13)16/h2-8H,1H3,(H2,17,19)(H,20,21). The summed E-state index contributed by atoms with van der Waals surface area (Å²) in [7, 11) is 1.64. The maximum absolute atomic E-state index is 14.0. The molecule has 2 aromatic rings. The first-order chi connectivity index (χ1) is 9.90. The third-order valence-corrected chi connectivity index (χ3v) is 3.10. The number of carboxylic acid groups (broad SMARTS) is 1. The van der Waals surface area contributed by atoms with Gasteiger partial charge in [0, 0.05) is 18.3 Å². The average molecular weight is 288 g/mol. The molecule has 0 fully saturated rings. The first-order valence-electron chi connectivity index (χ1n) is 6.06. The molecule has 3 N–H and O–H groups in total. The van der Waals surface area contributed by atoms with Crippen LogP contribution in [0, 0.1) is 5.82 Å². The van der Waals surface area contributed by atoms with Crippen LogP contribution in [0.2, 0.25) is 0 Å².